The largest absolute Gasteiger partial charge is 0.378 e. The Morgan fingerprint density at radius 3 is 2.33 bits per heavy atom. The topological polar surface area (TPSA) is 65.6 Å². The molecular formula is C19H30N6OS. The maximum absolute atomic E-state index is 5.50. The van der Waals surface area contributed by atoms with Crippen LogP contribution in [0.15, 0.2) is 6.07 Å². The second-order valence-corrected chi connectivity index (χ2v) is 8.64. The van der Waals surface area contributed by atoms with Gasteiger partial charge in [-0.05, 0) is 43.3 Å². The van der Waals surface area contributed by atoms with Gasteiger partial charge >= 0.3 is 0 Å². The molecule has 2 atom stereocenters. The third-order valence-corrected chi connectivity index (χ3v) is 5.58. The molecule has 0 aromatic carbocycles. The molecule has 2 unspecified atom stereocenters. The van der Waals surface area contributed by atoms with Gasteiger partial charge in [0.1, 0.15) is 11.6 Å². The van der Waals surface area contributed by atoms with E-state index in [1.807, 2.05) is 0 Å². The minimum Gasteiger partial charge on any atom is -0.378 e. The van der Waals surface area contributed by atoms with Crippen LogP contribution in [0.1, 0.15) is 33.1 Å². The monoisotopic (exact) mass is 390 g/mol. The van der Waals surface area contributed by atoms with Gasteiger partial charge in [0.05, 0.1) is 13.2 Å². The molecule has 3 heterocycles. The minimum atomic E-state index is 0.510. The van der Waals surface area contributed by atoms with Gasteiger partial charge in [0.25, 0.3) is 0 Å². The summed E-state index contributed by atoms with van der Waals surface area (Å²) < 4.78 is 5.50. The van der Waals surface area contributed by atoms with Crippen molar-refractivity contribution in [3.8, 4) is 0 Å². The predicted octanol–water partition coefficient (Wildman–Crippen LogP) is 2.24. The van der Waals surface area contributed by atoms with Crippen molar-refractivity contribution in [1.29, 1.82) is 0 Å². The fourth-order valence-electron chi connectivity index (χ4n) is 4.00. The van der Waals surface area contributed by atoms with E-state index in [4.69, 9.17) is 26.9 Å². The molecular weight excluding hydrogens is 360 g/mol. The summed E-state index contributed by atoms with van der Waals surface area (Å²) in [5.74, 6) is 3.86. The van der Waals surface area contributed by atoms with E-state index in [1.54, 1.807) is 0 Å². The summed E-state index contributed by atoms with van der Waals surface area (Å²) >= 11 is 5.44. The molecule has 0 bridgehead atoms. The highest BCUT2D eigenvalue weighted by Gasteiger charge is 2.26. The van der Waals surface area contributed by atoms with Crippen LogP contribution in [0, 0.1) is 11.8 Å². The maximum Gasteiger partial charge on any atom is 0.232 e. The first-order valence-electron chi connectivity index (χ1n) is 10.1. The smallest absolute Gasteiger partial charge is 0.232 e. The van der Waals surface area contributed by atoms with Crippen molar-refractivity contribution in [2.75, 3.05) is 54.5 Å². The van der Waals surface area contributed by atoms with Crippen LogP contribution in [0.3, 0.4) is 0 Å². The van der Waals surface area contributed by atoms with Crippen LogP contribution in [0.2, 0.25) is 0 Å². The van der Waals surface area contributed by atoms with Crippen molar-refractivity contribution in [1.82, 2.24) is 15.3 Å². The summed E-state index contributed by atoms with van der Waals surface area (Å²) in [6.45, 7) is 9.90. The van der Waals surface area contributed by atoms with Gasteiger partial charge in [-0.2, -0.15) is 9.97 Å². The Morgan fingerprint density at radius 2 is 1.70 bits per heavy atom. The second kappa shape index (κ2) is 8.14. The molecule has 0 radical (unpaired) electrons. The molecule has 7 nitrogen and oxygen atoms in total. The van der Waals surface area contributed by atoms with Gasteiger partial charge in [0.15, 0.2) is 5.11 Å². The first kappa shape index (κ1) is 18.7. The van der Waals surface area contributed by atoms with E-state index >= 15 is 0 Å². The number of rotatable bonds is 4. The average molecular weight is 391 g/mol. The summed E-state index contributed by atoms with van der Waals surface area (Å²) in [6.07, 6.45) is 3.65. The second-order valence-electron chi connectivity index (χ2n) is 8.23. The Bertz CT molecular complexity index is 666. The number of nitrogens with one attached hydrogen (secondary N) is 2. The van der Waals surface area contributed by atoms with Crippen molar-refractivity contribution >= 4 is 34.9 Å². The summed E-state index contributed by atoms with van der Waals surface area (Å²) in [5.41, 5.74) is 0. The number of hydrogen-bond donors (Lipinski definition) is 2. The highest BCUT2D eigenvalue weighted by atomic mass is 32.1. The van der Waals surface area contributed by atoms with E-state index in [1.165, 1.54) is 19.3 Å². The minimum absolute atomic E-state index is 0.510. The lowest BCUT2D eigenvalue weighted by molar-refractivity contribution is 0.122. The number of anilines is 3. The van der Waals surface area contributed by atoms with Gasteiger partial charge < -0.3 is 25.2 Å². The lowest BCUT2D eigenvalue weighted by atomic mass is 9.92. The van der Waals surface area contributed by atoms with Crippen molar-refractivity contribution in [2.45, 2.75) is 39.2 Å². The Labute approximate surface area is 166 Å². The third kappa shape index (κ3) is 4.99. The van der Waals surface area contributed by atoms with E-state index in [0.717, 1.165) is 51.0 Å². The first-order valence-corrected chi connectivity index (χ1v) is 10.5. The van der Waals surface area contributed by atoms with Crippen molar-refractivity contribution < 1.29 is 4.74 Å². The summed E-state index contributed by atoms with van der Waals surface area (Å²) in [4.78, 5) is 14.2. The van der Waals surface area contributed by atoms with Crippen LogP contribution in [-0.4, -0.2) is 60.5 Å². The van der Waals surface area contributed by atoms with E-state index in [9.17, 15) is 0 Å². The molecule has 1 saturated carbocycles. The number of aromatic nitrogens is 2. The number of nitrogens with zero attached hydrogens (tertiary/aromatic N) is 4. The fourth-order valence-corrected chi connectivity index (χ4v) is 4.25. The molecule has 1 aromatic rings. The zero-order valence-corrected chi connectivity index (χ0v) is 17.1. The van der Waals surface area contributed by atoms with Crippen LogP contribution in [-0.2, 0) is 4.74 Å². The van der Waals surface area contributed by atoms with E-state index in [0.29, 0.717) is 28.9 Å². The highest BCUT2D eigenvalue weighted by molar-refractivity contribution is 7.80. The van der Waals surface area contributed by atoms with Crippen LogP contribution in [0.25, 0.3) is 0 Å². The maximum atomic E-state index is 5.50. The molecule has 0 spiro atoms. The molecule has 8 heteroatoms. The van der Waals surface area contributed by atoms with E-state index in [-0.39, 0.29) is 0 Å². The fraction of sp³-hybridized carbons (Fsp3) is 0.737. The third-order valence-electron chi connectivity index (χ3n) is 5.36. The van der Waals surface area contributed by atoms with Gasteiger partial charge in [-0.25, -0.2) is 0 Å². The molecule has 0 amide bonds. The molecule has 27 heavy (non-hydrogen) atoms. The zero-order valence-electron chi connectivity index (χ0n) is 16.3. The van der Waals surface area contributed by atoms with Crippen LogP contribution in [0.4, 0.5) is 17.6 Å². The zero-order chi connectivity index (χ0) is 18.8. The standard InChI is InChI=1S/C19H30N6OS/c1-13-9-14(2)12-25(11-13)17-10-16(24-5-7-26-8-6-24)21-18(22-17)23-19(27)20-15-3-4-15/h10,13-15H,3-9,11-12H2,1-2H3,(H2,20,21,22,23,27). The van der Waals surface area contributed by atoms with Crippen molar-refractivity contribution in [2.24, 2.45) is 11.8 Å². The first-order chi connectivity index (χ1) is 13.1. The summed E-state index contributed by atoms with van der Waals surface area (Å²) in [7, 11) is 0. The Morgan fingerprint density at radius 1 is 1.07 bits per heavy atom. The lowest BCUT2D eigenvalue weighted by Crippen LogP contribution is -2.40. The Hall–Kier alpha value is -1.67. The molecule has 3 aliphatic rings. The normalized spacial score (nSPS) is 26.0. The van der Waals surface area contributed by atoms with Crippen LogP contribution in [0.5, 0.6) is 0 Å². The predicted molar refractivity (Wildman–Crippen MR) is 113 cm³/mol. The Kier molecular flexibility index (Phi) is 5.63. The number of morpholine rings is 1. The molecule has 148 valence electrons. The summed E-state index contributed by atoms with van der Waals surface area (Å²) in [6, 6.07) is 2.63. The molecule has 1 aliphatic carbocycles. The van der Waals surface area contributed by atoms with Crippen molar-refractivity contribution in [3.63, 3.8) is 0 Å². The summed E-state index contributed by atoms with van der Waals surface area (Å²) in [5, 5.41) is 7.13. The molecule has 2 N–H and O–H groups in total. The van der Waals surface area contributed by atoms with E-state index in [2.05, 4.69) is 40.3 Å². The van der Waals surface area contributed by atoms with Gasteiger partial charge in [-0.15, -0.1) is 0 Å². The van der Waals surface area contributed by atoms with Gasteiger partial charge in [-0.3, -0.25) is 0 Å². The van der Waals surface area contributed by atoms with Crippen molar-refractivity contribution in [3.05, 3.63) is 6.07 Å². The molecule has 2 saturated heterocycles. The van der Waals surface area contributed by atoms with E-state index < -0.39 is 0 Å². The van der Waals surface area contributed by atoms with Crippen LogP contribution < -0.4 is 20.4 Å². The highest BCUT2D eigenvalue weighted by Crippen LogP contribution is 2.28. The average Bonchev–Trinajstić information content (AvgIpc) is 3.45. The number of thiocarbonyl (C=S) groups is 1. The van der Waals surface area contributed by atoms with Gasteiger partial charge in [0, 0.05) is 38.3 Å². The van der Waals surface area contributed by atoms with Crippen LogP contribution >= 0.6 is 12.2 Å². The molecule has 4 rings (SSSR count). The quantitative estimate of drug-likeness (QED) is 0.759. The lowest BCUT2D eigenvalue weighted by Gasteiger charge is -2.36. The van der Waals surface area contributed by atoms with Gasteiger partial charge in [-0.1, -0.05) is 13.8 Å². The number of ether oxygens (including phenoxy) is 1. The molecule has 3 fully saturated rings. The number of hydrogen-bond acceptors (Lipinski definition) is 6. The molecule has 2 aliphatic heterocycles. The molecule has 1 aromatic heterocycles. The van der Waals surface area contributed by atoms with Gasteiger partial charge in [0.2, 0.25) is 5.95 Å². The SMILES string of the molecule is CC1CC(C)CN(c2cc(N3CCOCC3)nc(NC(=S)NC3CC3)n2)C1. The Balaban J connectivity index is 1.57. The number of piperidine rings is 1.